The molecule has 2 N–H and O–H groups in total. The summed E-state index contributed by atoms with van der Waals surface area (Å²) in [7, 11) is 0. The molecule has 124 valence electrons. The molecule has 0 unspecified atom stereocenters. The number of nitrogens with one attached hydrogen (secondary N) is 2. The van der Waals surface area contributed by atoms with E-state index in [0.29, 0.717) is 18.2 Å². The summed E-state index contributed by atoms with van der Waals surface area (Å²) in [5, 5.41) is 9.90. The van der Waals surface area contributed by atoms with Crippen molar-refractivity contribution in [2.24, 2.45) is 5.92 Å². The smallest absolute Gasteiger partial charge is 0.272 e. The van der Waals surface area contributed by atoms with Gasteiger partial charge >= 0.3 is 0 Å². The van der Waals surface area contributed by atoms with Crippen molar-refractivity contribution in [2.75, 3.05) is 0 Å². The quantitative estimate of drug-likeness (QED) is 0.823. The fourth-order valence-electron chi connectivity index (χ4n) is 2.31. The Morgan fingerprint density at radius 3 is 2.70 bits per heavy atom. The lowest BCUT2D eigenvalue weighted by molar-refractivity contribution is 0.0945. The Kier molecular flexibility index (Phi) is 5.79. The fraction of sp³-hybridized carbons (Fsp3) is 0.444. The van der Waals surface area contributed by atoms with Crippen molar-refractivity contribution in [3.8, 4) is 5.75 Å². The highest BCUT2D eigenvalue weighted by atomic mass is 16.5. The van der Waals surface area contributed by atoms with Crippen molar-refractivity contribution in [3.05, 3.63) is 47.3 Å². The summed E-state index contributed by atoms with van der Waals surface area (Å²) in [5.41, 5.74) is 2.35. The Hall–Kier alpha value is -2.30. The molecule has 0 radical (unpaired) electrons. The maximum Gasteiger partial charge on any atom is 0.272 e. The summed E-state index contributed by atoms with van der Waals surface area (Å²) < 4.78 is 5.76. The number of hydrogen-bond acceptors (Lipinski definition) is 3. The molecule has 1 aromatic heterocycles. The van der Waals surface area contributed by atoms with Gasteiger partial charge in [-0.25, -0.2) is 0 Å². The minimum atomic E-state index is -0.185. The Labute approximate surface area is 137 Å². The molecule has 0 saturated heterocycles. The normalized spacial score (nSPS) is 11.0. The second kappa shape index (κ2) is 7.81. The summed E-state index contributed by atoms with van der Waals surface area (Å²) in [6.45, 7) is 8.64. The van der Waals surface area contributed by atoms with Crippen LogP contribution >= 0.6 is 0 Å². The standard InChI is InChI=1S/C18H25N3O2/c1-12(2)9-15-10-16(21-20-15)18(22)19-11-14-7-5-6-8-17(14)23-13(3)4/h5-8,10,12-13H,9,11H2,1-4H3,(H,19,22)(H,20,21). The van der Waals surface area contributed by atoms with Gasteiger partial charge in [0.1, 0.15) is 11.4 Å². The predicted octanol–water partition coefficient (Wildman–Crippen LogP) is 3.33. The Bertz CT molecular complexity index is 647. The van der Waals surface area contributed by atoms with Crippen molar-refractivity contribution in [2.45, 2.75) is 46.8 Å². The molecule has 0 aliphatic heterocycles. The van der Waals surface area contributed by atoms with Crippen molar-refractivity contribution in [3.63, 3.8) is 0 Å². The van der Waals surface area contributed by atoms with E-state index in [0.717, 1.165) is 23.4 Å². The van der Waals surface area contributed by atoms with Gasteiger partial charge in [-0.3, -0.25) is 9.89 Å². The number of ether oxygens (including phenoxy) is 1. The summed E-state index contributed by atoms with van der Waals surface area (Å²) in [6, 6.07) is 9.54. The van der Waals surface area contributed by atoms with E-state index in [9.17, 15) is 4.79 Å². The van der Waals surface area contributed by atoms with Gasteiger partial charge in [-0.05, 0) is 38.3 Å². The zero-order valence-corrected chi connectivity index (χ0v) is 14.2. The molecule has 0 fully saturated rings. The minimum absolute atomic E-state index is 0.0942. The number of carbonyl (C=O) groups excluding carboxylic acids is 1. The molecule has 0 aliphatic carbocycles. The van der Waals surface area contributed by atoms with Gasteiger partial charge < -0.3 is 10.1 Å². The summed E-state index contributed by atoms with van der Waals surface area (Å²) in [5.74, 6) is 1.13. The topological polar surface area (TPSA) is 67.0 Å². The van der Waals surface area contributed by atoms with E-state index in [1.54, 1.807) is 0 Å². The minimum Gasteiger partial charge on any atom is -0.491 e. The molecule has 2 rings (SSSR count). The SMILES string of the molecule is CC(C)Cc1cc(C(=O)NCc2ccccc2OC(C)C)n[nH]1. The van der Waals surface area contributed by atoms with E-state index in [2.05, 4.69) is 29.4 Å². The third-order valence-electron chi connectivity index (χ3n) is 3.27. The zero-order chi connectivity index (χ0) is 16.8. The van der Waals surface area contributed by atoms with Gasteiger partial charge in [0.25, 0.3) is 5.91 Å². The molecule has 1 heterocycles. The second-order valence-corrected chi connectivity index (χ2v) is 6.33. The van der Waals surface area contributed by atoms with Crippen LogP contribution in [0.5, 0.6) is 5.75 Å². The van der Waals surface area contributed by atoms with Crippen LogP contribution in [-0.4, -0.2) is 22.2 Å². The lowest BCUT2D eigenvalue weighted by Gasteiger charge is -2.14. The van der Waals surface area contributed by atoms with Crippen LogP contribution in [0.1, 0.15) is 49.4 Å². The number of carbonyl (C=O) groups is 1. The van der Waals surface area contributed by atoms with E-state index in [1.165, 1.54) is 0 Å². The van der Waals surface area contributed by atoms with Crippen molar-refractivity contribution >= 4 is 5.91 Å². The Morgan fingerprint density at radius 2 is 2.00 bits per heavy atom. The number of aromatic nitrogens is 2. The van der Waals surface area contributed by atoms with Gasteiger partial charge in [0.05, 0.1) is 6.10 Å². The molecular weight excluding hydrogens is 290 g/mol. The van der Waals surface area contributed by atoms with Gasteiger partial charge in [0.15, 0.2) is 0 Å². The third kappa shape index (κ3) is 5.13. The first kappa shape index (κ1) is 17.1. The maximum atomic E-state index is 12.2. The van der Waals surface area contributed by atoms with Gasteiger partial charge in [0.2, 0.25) is 0 Å². The van der Waals surface area contributed by atoms with Crippen LogP contribution in [0, 0.1) is 5.92 Å². The van der Waals surface area contributed by atoms with Crippen LogP contribution in [0.4, 0.5) is 0 Å². The number of nitrogens with zero attached hydrogens (tertiary/aromatic N) is 1. The number of H-pyrrole nitrogens is 1. The molecule has 2 aromatic rings. The monoisotopic (exact) mass is 315 g/mol. The van der Waals surface area contributed by atoms with Gasteiger partial charge in [-0.2, -0.15) is 5.10 Å². The molecular formula is C18H25N3O2. The highest BCUT2D eigenvalue weighted by molar-refractivity contribution is 5.92. The number of hydrogen-bond donors (Lipinski definition) is 2. The lowest BCUT2D eigenvalue weighted by atomic mass is 10.1. The zero-order valence-electron chi connectivity index (χ0n) is 14.2. The molecule has 0 saturated carbocycles. The molecule has 0 spiro atoms. The van der Waals surface area contributed by atoms with Crippen LogP contribution < -0.4 is 10.1 Å². The van der Waals surface area contributed by atoms with Crippen molar-refractivity contribution < 1.29 is 9.53 Å². The fourth-order valence-corrected chi connectivity index (χ4v) is 2.31. The van der Waals surface area contributed by atoms with Crippen LogP contribution in [0.2, 0.25) is 0 Å². The molecule has 1 amide bonds. The predicted molar refractivity (Wildman–Crippen MR) is 90.5 cm³/mol. The molecule has 23 heavy (non-hydrogen) atoms. The van der Waals surface area contributed by atoms with E-state index in [4.69, 9.17) is 4.74 Å². The van der Waals surface area contributed by atoms with Gasteiger partial charge in [-0.1, -0.05) is 32.0 Å². The average molecular weight is 315 g/mol. The van der Waals surface area contributed by atoms with Crippen molar-refractivity contribution in [1.29, 1.82) is 0 Å². The van der Waals surface area contributed by atoms with Crippen LogP contribution in [0.15, 0.2) is 30.3 Å². The number of benzene rings is 1. The number of rotatable bonds is 7. The van der Waals surface area contributed by atoms with Gasteiger partial charge in [-0.15, -0.1) is 0 Å². The lowest BCUT2D eigenvalue weighted by Crippen LogP contribution is -2.23. The highest BCUT2D eigenvalue weighted by Crippen LogP contribution is 2.19. The summed E-state index contributed by atoms with van der Waals surface area (Å²) in [6.07, 6.45) is 0.975. The van der Waals surface area contributed by atoms with Crippen molar-refractivity contribution in [1.82, 2.24) is 15.5 Å². The van der Waals surface area contributed by atoms with Crippen LogP contribution in [-0.2, 0) is 13.0 Å². The third-order valence-corrected chi connectivity index (χ3v) is 3.27. The van der Waals surface area contributed by atoms with E-state index in [-0.39, 0.29) is 12.0 Å². The van der Waals surface area contributed by atoms with E-state index >= 15 is 0 Å². The van der Waals surface area contributed by atoms with E-state index in [1.807, 2.05) is 44.2 Å². The first-order chi connectivity index (χ1) is 11.0. The number of amides is 1. The van der Waals surface area contributed by atoms with E-state index < -0.39 is 0 Å². The number of aromatic amines is 1. The van der Waals surface area contributed by atoms with Crippen LogP contribution in [0.3, 0.4) is 0 Å². The maximum absolute atomic E-state index is 12.2. The summed E-state index contributed by atoms with van der Waals surface area (Å²) in [4.78, 5) is 12.2. The van der Waals surface area contributed by atoms with Crippen LogP contribution in [0.25, 0.3) is 0 Å². The average Bonchev–Trinajstić information content (AvgIpc) is 2.93. The molecule has 0 bridgehead atoms. The molecule has 0 atom stereocenters. The molecule has 1 aromatic carbocycles. The molecule has 5 heteroatoms. The Balaban J connectivity index is 1.98. The number of para-hydroxylation sites is 1. The van der Waals surface area contributed by atoms with Gasteiger partial charge in [0, 0.05) is 17.8 Å². The highest BCUT2D eigenvalue weighted by Gasteiger charge is 2.12. The molecule has 5 nitrogen and oxygen atoms in total. The largest absolute Gasteiger partial charge is 0.491 e. The Morgan fingerprint density at radius 1 is 1.26 bits per heavy atom. The second-order valence-electron chi connectivity index (χ2n) is 6.33. The first-order valence-corrected chi connectivity index (χ1v) is 8.02. The first-order valence-electron chi connectivity index (χ1n) is 8.02. The molecule has 0 aliphatic rings. The summed E-state index contributed by atoms with van der Waals surface area (Å²) >= 11 is 0.